The second-order valence-corrected chi connectivity index (χ2v) is 16.2. The van der Waals surface area contributed by atoms with Crippen molar-refractivity contribution in [3.05, 3.63) is 182 Å². The van der Waals surface area contributed by atoms with Gasteiger partial charge in [0.15, 0.2) is 23.1 Å². The summed E-state index contributed by atoms with van der Waals surface area (Å²) in [4.78, 5) is 16.1. The fourth-order valence-electron chi connectivity index (χ4n) is 9.15. The van der Waals surface area contributed by atoms with Crippen molar-refractivity contribution in [1.82, 2.24) is 19.5 Å². The Balaban J connectivity index is 1.15. The SMILES string of the molecule is c1ccc2cc3c(cc2c1)c1ccccc1n3-c1cc(-c2nc(-c3cccc4ccccc34)nc(-c3cccc4sc5ccccc5c34)n2)cc2c1oc1ccccc12. The van der Waals surface area contributed by atoms with Crippen molar-refractivity contribution in [1.29, 1.82) is 0 Å². The van der Waals surface area contributed by atoms with Crippen LogP contribution < -0.4 is 0 Å². The summed E-state index contributed by atoms with van der Waals surface area (Å²) in [6, 6.07) is 64.3. The second kappa shape index (κ2) is 12.4. The molecule has 0 bridgehead atoms. The maximum Gasteiger partial charge on any atom is 0.164 e. The Morgan fingerprint density at radius 1 is 0.407 bits per heavy atom. The van der Waals surface area contributed by atoms with Crippen molar-refractivity contribution < 1.29 is 4.42 Å². The number of furan rings is 1. The summed E-state index contributed by atoms with van der Waals surface area (Å²) in [6.07, 6.45) is 0. The zero-order chi connectivity index (χ0) is 38.6. The minimum Gasteiger partial charge on any atom is -0.454 e. The van der Waals surface area contributed by atoms with Gasteiger partial charge in [0, 0.05) is 58.4 Å². The van der Waals surface area contributed by atoms with Gasteiger partial charge in [-0.15, -0.1) is 11.3 Å². The van der Waals surface area contributed by atoms with Gasteiger partial charge in [0.05, 0.1) is 16.7 Å². The van der Waals surface area contributed by atoms with E-state index in [4.69, 9.17) is 19.4 Å². The van der Waals surface area contributed by atoms with E-state index in [1.54, 1.807) is 11.3 Å². The quantitative estimate of drug-likeness (QED) is 0.179. The molecule has 0 aliphatic carbocycles. The Bertz CT molecular complexity index is 3870. The fourth-order valence-corrected chi connectivity index (χ4v) is 10.3. The summed E-state index contributed by atoms with van der Waals surface area (Å²) < 4.78 is 11.6. The zero-order valence-electron chi connectivity index (χ0n) is 31.4. The van der Waals surface area contributed by atoms with E-state index in [2.05, 4.69) is 174 Å². The largest absolute Gasteiger partial charge is 0.454 e. The molecule has 0 aliphatic heterocycles. The number of hydrogen-bond donors (Lipinski definition) is 0. The van der Waals surface area contributed by atoms with Gasteiger partial charge in [0.1, 0.15) is 5.58 Å². The molecule has 6 heteroatoms. The summed E-state index contributed by atoms with van der Waals surface area (Å²) in [5.74, 6) is 1.85. The average Bonchev–Trinajstić information content (AvgIpc) is 3.97. The highest BCUT2D eigenvalue weighted by molar-refractivity contribution is 7.25. The molecule has 9 aromatic carbocycles. The third kappa shape index (κ3) is 4.87. The highest BCUT2D eigenvalue weighted by Gasteiger charge is 2.23. The maximum absolute atomic E-state index is 6.83. The molecule has 0 aliphatic rings. The summed E-state index contributed by atoms with van der Waals surface area (Å²) in [5.41, 5.74) is 7.58. The lowest BCUT2D eigenvalue weighted by atomic mass is 10.0. The summed E-state index contributed by atoms with van der Waals surface area (Å²) in [6.45, 7) is 0. The van der Waals surface area contributed by atoms with Crippen LogP contribution >= 0.6 is 11.3 Å². The van der Waals surface area contributed by atoms with Crippen molar-refractivity contribution in [2.24, 2.45) is 0 Å². The van der Waals surface area contributed by atoms with E-state index in [0.717, 1.165) is 71.5 Å². The van der Waals surface area contributed by atoms with Gasteiger partial charge in [-0.05, 0) is 70.1 Å². The predicted octanol–water partition coefficient (Wildman–Crippen LogP) is 14.5. The van der Waals surface area contributed by atoms with Crippen LogP contribution in [-0.4, -0.2) is 19.5 Å². The van der Waals surface area contributed by atoms with Crippen molar-refractivity contribution in [2.45, 2.75) is 0 Å². The number of fused-ring (bicyclic) bond motifs is 11. The number of thiophene rings is 1. The van der Waals surface area contributed by atoms with E-state index >= 15 is 0 Å². The molecule has 59 heavy (non-hydrogen) atoms. The second-order valence-electron chi connectivity index (χ2n) is 15.1. The first-order chi connectivity index (χ1) is 29.2. The number of nitrogens with zero attached hydrogens (tertiary/aromatic N) is 4. The molecule has 0 unspecified atom stereocenters. The number of para-hydroxylation sites is 2. The van der Waals surface area contributed by atoms with Crippen LogP contribution in [0, 0.1) is 0 Å². The molecule has 0 amide bonds. The van der Waals surface area contributed by atoms with Crippen LogP contribution in [0.4, 0.5) is 0 Å². The predicted molar refractivity (Wildman–Crippen MR) is 246 cm³/mol. The zero-order valence-corrected chi connectivity index (χ0v) is 32.2. The van der Waals surface area contributed by atoms with Gasteiger partial charge < -0.3 is 8.98 Å². The molecule has 274 valence electrons. The first-order valence-electron chi connectivity index (χ1n) is 19.8. The van der Waals surface area contributed by atoms with E-state index in [9.17, 15) is 0 Å². The Labute approximate surface area is 341 Å². The van der Waals surface area contributed by atoms with Crippen LogP contribution in [0.5, 0.6) is 0 Å². The van der Waals surface area contributed by atoms with Crippen molar-refractivity contribution >= 4 is 96.8 Å². The first kappa shape index (κ1) is 32.4. The highest BCUT2D eigenvalue weighted by Crippen LogP contribution is 2.43. The first-order valence-corrected chi connectivity index (χ1v) is 20.6. The molecule has 13 rings (SSSR count). The molecule has 0 radical (unpaired) electrons. The van der Waals surface area contributed by atoms with Crippen LogP contribution in [0.25, 0.3) is 125 Å². The van der Waals surface area contributed by atoms with E-state index in [1.165, 1.54) is 36.3 Å². The fraction of sp³-hybridized carbons (Fsp3) is 0. The Kier molecular flexibility index (Phi) is 6.82. The lowest BCUT2D eigenvalue weighted by molar-refractivity contribution is 0.666. The molecular weight excluding hydrogens is 741 g/mol. The van der Waals surface area contributed by atoms with Gasteiger partial charge in [-0.25, -0.2) is 15.0 Å². The van der Waals surface area contributed by atoms with Crippen LogP contribution in [0.1, 0.15) is 0 Å². The monoisotopic (exact) mass is 770 g/mol. The number of hydrogen-bond acceptors (Lipinski definition) is 5. The van der Waals surface area contributed by atoms with E-state index < -0.39 is 0 Å². The minimum absolute atomic E-state index is 0.592. The third-order valence-electron chi connectivity index (χ3n) is 11.8. The average molecular weight is 771 g/mol. The van der Waals surface area contributed by atoms with Crippen LogP contribution in [0.2, 0.25) is 0 Å². The lowest BCUT2D eigenvalue weighted by Crippen LogP contribution is -2.02. The topological polar surface area (TPSA) is 56.7 Å². The maximum atomic E-state index is 6.83. The Hall–Kier alpha value is -7.67. The number of rotatable bonds is 4. The molecule has 0 atom stereocenters. The summed E-state index contributed by atoms with van der Waals surface area (Å²) >= 11 is 1.80. The third-order valence-corrected chi connectivity index (χ3v) is 12.9. The standard InChI is InChI=1S/C53H30N4OS/c1-2-15-33-29-44-41(27-32(33)14-1)36-18-5-8-23-43(36)57(44)45-30-34(28-42-37-19-6-9-24-46(37)58-50(42)45)51-54-52(38-21-11-16-31-13-3-4-17-35(31)38)56-53(55-51)40-22-12-26-48-49(40)39-20-7-10-25-47(39)59-48/h1-30H. The molecule has 0 spiro atoms. The molecular formula is C53H30N4OS. The van der Waals surface area contributed by atoms with Gasteiger partial charge in [0.25, 0.3) is 0 Å². The molecule has 5 nitrogen and oxygen atoms in total. The van der Waals surface area contributed by atoms with Crippen LogP contribution in [0.3, 0.4) is 0 Å². The normalized spacial score (nSPS) is 12.1. The van der Waals surface area contributed by atoms with Gasteiger partial charge in [0.2, 0.25) is 0 Å². The molecule has 13 aromatic rings. The Morgan fingerprint density at radius 2 is 1.03 bits per heavy atom. The van der Waals surface area contributed by atoms with Gasteiger partial charge in [-0.3, -0.25) is 0 Å². The summed E-state index contributed by atoms with van der Waals surface area (Å²) in [7, 11) is 0. The van der Waals surface area contributed by atoms with Crippen molar-refractivity contribution in [2.75, 3.05) is 0 Å². The van der Waals surface area contributed by atoms with E-state index in [0.29, 0.717) is 17.5 Å². The molecule has 4 aromatic heterocycles. The van der Waals surface area contributed by atoms with E-state index in [-0.39, 0.29) is 0 Å². The van der Waals surface area contributed by atoms with E-state index in [1.807, 2.05) is 12.1 Å². The highest BCUT2D eigenvalue weighted by atomic mass is 32.1. The number of benzene rings is 9. The lowest BCUT2D eigenvalue weighted by Gasteiger charge is -2.14. The Morgan fingerprint density at radius 3 is 1.92 bits per heavy atom. The van der Waals surface area contributed by atoms with Gasteiger partial charge >= 0.3 is 0 Å². The smallest absolute Gasteiger partial charge is 0.164 e. The molecule has 0 fully saturated rings. The van der Waals surface area contributed by atoms with Crippen molar-refractivity contribution in [3.8, 4) is 39.9 Å². The van der Waals surface area contributed by atoms with Gasteiger partial charge in [-0.1, -0.05) is 133 Å². The molecule has 0 saturated carbocycles. The summed E-state index contributed by atoms with van der Waals surface area (Å²) in [5, 5.41) is 11.4. The molecule has 4 heterocycles. The van der Waals surface area contributed by atoms with Crippen molar-refractivity contribution in [3.63, 3.8) is 0 Å². The minimum atomic E-state index is 0.592. The molecule has 0 N–H and O–H groups in total. The number of aromatic nitrogens is 4. The van der Waals surface area contributed by atoms with Gasteiger partial charge in [-0.2, -0.15) is 0 Å². The van der Waals surface area contributed by atoms with Crippen LogP contribution in [0.15, 0.2) is 186 Å². The molecule has 0 saturated heterocycles. The van der Waals surface area contributed by atoms with Crippen LogP contribution in [-0.2, 0) is 0 Å².